The second kappa shape index (κ2) is 5.29. The Morgan fingerprint density at radius 3 is 2.38 bits per heavy atom. The maximum atomic E-state index is 13.1. The average Bonchev–Trinajstić information content (AvgIpc) is 2.81. The molecule has 116 valence electrons. The maximum absolute atomic E-state index is 13.1. The van der Waals surface area contributed by atoms with Crippen LogP contribution >= 0.6 is 0 Å². The molecule has 4 nitrogen and oxygen atoms in total. The molecule has 5 heteroatoms. The molecule has 1 aliphatic heterocycles. The van der Waals surface area contributed by atoms with Crippen molar-refractivity contribution in [2.45, 2.75) is 56.9 Å². The smallest absolute Gasteiger partial charge is 0.243 e. The van der Waals surface area contributed by atoms with Gasteiger partial charge in [-0.15, -0.1) is 0 Å². The lowest BCUT2D eigenvalue weighted by Crippen LogP contribution is -2.39. The van der Waals surface area contributed by atoms with Crippen molar-refractivity contribution in [3.8, 4) is 0 Å². The molecule has 0 bridgehead atoms. The highest BCUT2D eigenvalue weighted by Gasteiger charge is 2.43. The lowest BCUT2D eigenvalue weighted by atomic mass is 9.86. The first-order valence-electron chi connectivity index (χ1n) is 7.80. The standard InChI is InChI=1S/C16H24N2O2S/c1-11-9-14(17)10-12(2)16(11)21(19,20)18-8-7-13-5-3-4-6-15(13)18/h9-10,13,15H,3-8,17H2,1-2H3. The Morgan fingerprint density at radius 1 is 1.10 bits per heavy atom. The summed E-state index contributed by atoms with van der Waals surface area (Å²) < 4.78 is 28.0. The summed E-state index contributed by atoms with van der Waals surface area (Å²) in [4.78, 5) is 0.461. The third kappa shape index (κ3) is 2.46. The van der Waals surface area contributed by atoms with Gasteiger partial charge in [-0.25, -0.2) is 8.42 Å². The van der Waals surface area contributed by atoms with E-state index in [-0.39, 0.29) is 6.04 Å². The number of nitrogen functional groups attached to an aromatic ring is 1. The van der Waals surface area contributed by atoms with Crippen molar-refractivity contribution in [1.29, 1.82) is 0 Å². The Bertz CT molecular complexity index is 631. The Balaban J connectivity index is 2.01. The van der Waals surface area contributed by atoms with Gasteiger partial charge >= 0.3 is 0 Å². The number of benzene rings is 1. The first-order valence-corrected chi connectivity index (χ1v) is 9.24. The third-order valence-corrected chi connectivity index (χ3v) is 7.24. The molecule has 0 aromatic heterocycles. The van der Waals surface area contributed by atoms with Crippen LogP contribution in [0.4, 0.5) is 5.69 Å². The van der Waals surface area contributed by atoms with Crippen molar-refractivity contribution in [3.63, 3.8) is 0 Å². The van der Waals surface area contributed by atoms with Crippen LogP contribution in [0.2, 0.25) is 0 Å². The molecular weight excluding hydrogens is 284 g/mol. The van der Waals surface area contributed by atoms with E-state index >= 15 is 0 Å². The van der Waals surface area contributed by atoms with Crippen LogP contribution < -0.4 is 5.73 Å². The molecule has 2 unspecified atom stereocenters. The van der Waals surface area contributed by atoms with E-state index in [2.05, 4.69) is 0 Å². The molecule has 1 aromatic rings. The number of nitrogens with two attached hydrogens (primary N) is 1. The van der Waals surface area contributed by atoms with Gasteiger partial charge in [-0.2, -0.15) is 4.31 Å². The van der Waals surface area contributed by atoms with Crippen LogP contribution in [0.3, 0.4) is 0 Å². The topological polar surface area (TPSA) is 63.4 Å². The first kappa shape index (κ1) is 14.9. The van der Waals surface area contributed by atoms with E-state index in [1.807, 2.05) is 13.8 Å². The SMILES string of the molecule is Cc1cc(N)cc(C)c1S(=O)(=O)N1CCC2CCCCC21. The lowest BCUT2D eigenvalue weighted by Gasteiger charge is -2.31. The van der Waals surface area contributed by atoms with Crippen molar-refractivity contribution < 1.29 is 8.42 Å². The molecule has 1 heterocycles. The first-order chi connectivity index (χ1) is 9.91. The van der Waals surface area contributed by atoms with E-state index in [0.717, 1.165) is 30.4 Å². The minimum absolute atomic E-state index is 0.208. The predicted octanol–water partition coefficient (Wildman–Crippen LogP) is 2.84. The van der Waals surface area contributed by atoms with Crippen molar-refractivity contribution in [2.24, 2.45) is 5.92 Å². The van der Waals surface area contributed by atoms with Crippen LogP contribution in [0.15, 0.2) is 17.0 Å². The zero-order valence-corrected chi connectivity index (χ0v) is 13.6. The summed E-state index contributed by atoms with van der Waals surface area (Å²) in [7, 11) is -3.41. The van der Waals surface area contributed by atoms with E-state index in [9.17, 15) is 8.42 Å². The van der Waals surface area contributed by atoms with Gasteiger partial charge in [0.25, 0.3) is 0 Å². The number of sulfonamides is 1. The van der Waals surface area contributed by atoms with Gasteiger partial charge in [0.15, 0.2) is 0 Å². The molecule has 0 spiro atoms. The Morgan fingerprint density at radius 2 is 1.71 bits per heavy atom. The molecular formula is C16H24N2O2S. The fourth-order valence-corrected chi connectivity index (χ4v) is 6.32. The number of nitrogens with zero attached hydrogens (tertiary/aromatic N) is 1. The number of rotatable bonds is 2. The van der Waals surface area contributed by atoms with Gasteiger partial charge in [-0.1, -0.05) is 12.8 Å². The normalized spacial score (nSPS) is 26.8. The summed E-state index contributed by atoms with van der Waals surface area (Å²) in [6.07, 6.45) is 5.59. The van der Waals surface area contributed by atoms with E-state index in [4.69, 9.17) is 5.73 Å². The fraction of sp³-hybridized carbons (Fsp3) is 0.625. The molecule has 2 atom stereocenters. The van der Waals surface area contributed by atoms with Gasteiger partial charge in [0.1, 0.15) is 0 Å². The quantitative estimate of drug-likeness (QED) is 0.855. The van der Waals surface area contributed by atoms with Gasteiger partial charge in [0.05, 0.1) is 4.90 Å². The van der Waals surface area contributed by atoms with Crippen molar-refractivity contribution >= 4 is 15.7 Å². The minimum Gasteiger partial charge on any atom is -0.399 e. The highest BCUT2D eigenvalue weighted by Crippen LogP contribution is 2.40. The maximum Gasteiger partial charge on any atom is 0.243 e. The number of anilines is 1. The molecule has 1 aliphatic carbocycles. The van der Waals surface area contributed by atoms with Crippen molar-refractivity contribution in [1.82, 2.24) is 4.31 Å². The average molecular weight is 308 g/mol. The molecule has 1 saturated carbocycles. The van der Waals surface area contributed by atoms with Crippen molar-refractivity contribution in [3.05, 3.63) is 23.3 Å². The number of aryl methyl sites for hydroxylation is 2. The number of hydrogen-bond acceptors (Lipinski definition) is 3. The largest absolute Gasteiger partial charge is 0.399 e. The second-order valence-corrected chi connectivity index (χ2v) is 8.33. The van der Waals surface area contributed by atoms with E-state index < -0.39 is 10.0 Å². The van der Waals surface area contributed by atoms with Crippen LogP contribution in [0.1, 0.15) is 43.2 Å². The zero-order chi connectivity index (χ0) is 15.2. The van der Waals surface area contributed by atoms with E-state index in [1.54, 1.807) is 16.4 Å². The van der Waals surface area contributed by atoms with E-state index in [1.165, 1.54) is 12.8 Å². The van der Waals surface area contributed by atoms with Crippen LogP contribution in [0.5, 0.6) is 0 Å². The van der Waals surface area contributed by atoms with Crippen LogP contribution in [-0.2, 0) is 10.0 Å². The predicted molar refractivity (Wildman–Crippen MR) is 84.6 cm³/mol. The summed E-state index contributed by atoms with van der Waals surface area (Å²) >= 11 is 0. The molecule has 3 rings (SSSR count). The molecule has 2 fully saturated rings. The molecule has 2 aliphatic rings. The highest BCUT2D eigenvalue weighted by molar-refractivity contribution is 7.89. The highest BCUT2D eigenvalue weighted by atomic mass is 32.2. The summed E-state index contributed by atoms with van der Waals surface area (Å²) in [6, 6.07) is 3.72. The molecule has 2 N–H and O–H groups in total. The Labute approximate surface area is 127 Å². The van der Waals surface area contributed by atoms with Crippen LogP contribution in [0.25, 0.3) is 0 Å². The van der Waals surface area contributed by atoms with Crippen LogP contribution in [-0.4, -0.2) is 25.3 Å². The summed E-state index contributed by atoms with van der Waals surface area (Å²) in [6.45, 7) is 4.34. The van der Waals surface area contributed by atoms with Gasteiger partial charge in [-0.3, -0.25) is 0 Å². The monoisotopic (exact) mass is 308 g/mol. The second-order valence-electron chi connectivity index (χ2n) is 6.50. The number of fused-ring (bicyclic) bond motifs is 1. The summed E-state index contributed by atoms with van der Waals surface area (Å²) in [5.74, 6) is 0.558. The van der Waals surface area contributed by atoms with Crippen molar-refractivity contribution in [2.75, 3.05) is 12.3 Å². The van der Waals surface area contributed by atoms with E-state index in [0.29, 0.717) is 23.0 Å². The molecule has 0 radical (unpaired) electrons. The molecule has 1 aromatic carbocycles. The summed E-state index contributed by atoms with van der Waals surface area (Å²) in [5, 5.41) is 0. The van der Waals surface area contributed by atoms with Gasteiger partial charge < -0.3 is 5.73 Å². The van der Waals surface area contributed by atoms with Gasteiger partial charge in [0.2, 0.25) is 10.0 Å². The molecule has 0 amide bonds. The minimum atomic E-state index is -3.41. The summed E-state index contributed by atoms with van der Waals surface area (Å²) in [5.41, 5.74) is 7.96. The Kier molecular flexibility index (Phi) is 3.74. The fourth-order valence-electron chi connectivity index (χ4n) is 4.17. The van der Waals surface area contributed by atoms with Gasteiger partial charge in [-0.05, 0) is 62.3 Å². The third-order valence-electron chi connectivity index (χ3n) is 5.01. The zero-order valence-electron chi connectivity index (χ0n) is 12.8. The lowest BCUT2D eigenvalue weighted by molar-refractivity contribution is 0.260. The molecule has 21 heavy (non-hydrogen) atoms. The molecule has 1 saturated heterocycles. The number of hydrogen-bond donors (Lipinski definition) is 1. The van der Waals surface area contributed by atoms with Gasteiger partial charge in [0, 0.05) is 18.3 Å². The Hall–Kier alpha value is -1.07. The van der Waals surface area contributed by atoms with Crippen LogP contribution in [0, 0.1) is 19.8 Å².